The van der Waals surface area contributed by atoms with Crippen molar-refractivity contribution >= 4 is 29.0 Å². The van der Waals surface area contributed by atoms with Gasteiger partial charge in [0.25, 0.3) is 0 Å². The molecule has 0 aliphatic carbocycles. The molecule has 1 aromatic carbocycles. The number of nitrogens with zero attached hydrogens (tertiary/aromatic N) is 3. The highest BCUT2D eigenvalue weighted by molar-refractivity contribution is 7.99. The number of aromatic nitrogens is 2. The maximum atomic E-state index is 13.4. The molecule has 0 fully saturated rings. The third-order valence-corrected chi connectivity index (χ3v) is 5.23. The summed E-state index contributed by atoms with van der Waals surface area (Å²) >= 11 is 2.98. The van der Waals surface area contributed by atoms with Crippen molar-refractivity contribution in [1.82, 2.24) is 14.5 Å². The van der Waals surface area contributed by atoms with Crippen LogP contribution in [0, 0.1) is 5.82 Å². The van der Waals surface area contributed by atoms with Gasteiger partial charge in [-0.15, -0.1) is 11.3 Å². The predicted octanol–water partition coefficient (Wildman–Crippen LogP) is 3.82. The number of rotatable bonds is 6. The molecule has 0 unspecified atom stereocenters. The molecule has 0 aliphatic rings. The molecular weight excluding hydrogens is 345 g/mol. The Hall–Kier alpha value is -2.12. The number of thiophene rings is 1. The minimum Gasteiger partial charge on any atom is -0.340 e. The molecule has 0 aliphatic heterocycles. The molecule has 3 rings (SSSR count). The maximum Gasteiger partial charge on any atom is 0.233 e. The van der Waals surface area contributed by atoms with E-state index in [4.69, 9.17) is 0 Å². The summed E-state index contributed by atoms with van der Waals surface area (Å²) < 4.78 is 15.2. The second-order valence-electron chi connectivity index (χ2n) is 5.18. The fourth-order valence-corrected chi connectivity index (χ4v) is 3.85. The van der Waals surface area contributed by atoms with Gasteiger partial charge in [0.1, 0.15) is 5.82 Å². The normalized spacial score (nSPS) is 10.8. The van der Waals surface area contributed by atoms with Crippen LogP contribution >= 0.6 is 23.1 Å². The number of amides is 1. The Bertz CT molecular complexity index is 817. The first-order valence-corrected chi connectivity index (χ1v) is 9.18. The van der Waals surface area contributed by atoms with Gasteiger partial charge >= 0.3 is 0 Å². The quantitative estimate of drug-likeness (QED) is 0.627. The molecule has 0 N–H and O–H groups in total. The second kappa shape index (κ2) is 7.63. The number of carbonyl (C=O) groups is 1. The lowest BCUT2D eigenvalue weighted by molar-refractivity contribution is -0.127. The highest BCUT2D eigenvalue weighted by atomic mass is 32.2. The van der Waals surface area contributed by atoms with Crippen LogP contribution in [0.5, 0.6) is 0 Å². The Morgan fingerprint density at radius 1 is 1.38 bits per heavy atom. The van der Waals surface area contributed by atoms with E-state index in [1.54, 1.807) is 52.4 Å². The maximum absolute atomic E-state index is 13.4. The average Bonchev–Trinajstić information content (AvgIpc) is 3.23. The summed E-state index contributed by atoms with van der Waals surface area (Å²) in [6.07, 6.45) is 3.41. The van der Waals surface area contributed by atoms with Crippen molar-refractivity contribution in [1.29, 1.82) is 0 Å². The van der Waals surface area contributed by atoms with Crippen LogP contribution in [0.1, 0.15) is 4.88 Å². The molecule has 0 radical (unpaired) electrons. The smallest absolute Gasteiger partial charge is 0.233 e. The lowest BCUT2D eigenvalue weighted by Gasteiger charge is -2.16. The fraction of sp³-hybridized carbons (Fsp3) is 0.176. The van der Waals surface area contributed by atoms with E-state index in [9.17, 15) is 9.18 Å². The second-order valence-corrected chi connectivity index (χ2v) is 7.15. The molecular formula is C17H16FN3OS2. The van der Waals surface area contributed by atoms with Gasteiger partial charge < -0.3 is 4.90 Å². The van der Waals surface area contributed by atoms with Gasteiger partial charge in [0.15, 0.2) is 5.16 Å². The van der Waals surface area contributed by atoms with Crippen molar-refractivity contribution in [2.24, 2.45) is 0 Å². The number of thioether (sulfide) groups is 1. The molecule has 0 saturated carbocycles. The lowest BCUT2D eigenvalue weighted by Crippen LogP contribution is -2.27. The number of carbonyl (C=O) groups excluding carboxylic acids is 1. The third kappa shape index (κ3) is 4.04. The van der Waals surface area contributed by atoms with Crippen LogP contribution in [0.4, 0.5) is 4.39 Å². The van der Waals surface area contributed by atoms with Gasteiger partial charge in [0.2, 0.25) is 5.91 Å². The Kier molecular flexibility index (Phi) is 5.32. The Morgan fingerprint density at radius 2 is 2.25 bits per heavy atom. The Labute approximate surface area is 147 Å². The van der Waals surface area contributed by atoms with E-state index in [2.05, 4.69) is 4.98 Å². The number of imidazole rings is 1. The minimum absolute atomic E-state index is 0.0298. The first kappa shape index (κ1) is 16.7. The number of halogens is 1. The molecule has 4 nitrogen and oxygen atoms in total. The highest BCUT2D eigenvalue weighted by Gasteiger charge is 2.13. The molecule has 7 heteroatoms. The van der Waals surface area contributed by atoms with Gasteiger partial charge in [0, 0.05) is 24.3 Å². The van der Waals surface area contributed by atoms with E-state index >= 15 is 0 Å². The summed E-state index contributed by atoms with van der Waals surface area (Å²) in [6.45, 7) is 0.607. The van der Waals surface area contributed by atoms with E-state index in [0.717, 1.165) is 4.88 Å². The molecule has 0 atom stereocenters. The molecule has 2 aromatic heterocycles. The first-order valence-electron chi connectivity index (χ1n) is 7.32. The van der Waals surface area contributed by atoms with Crippen LogP contribution < -0.4 is 0 Å². The number of hydrogen-bond acceptors (Lipinski definition) is 4. The SMILES string of the molecule is CN(Cc1cccs1)C(=O)CSc1nccn1-c1cccc(F)c1. The number of hydrogen-bond donors (Lipinski definition) is 0. The standard InChI is InChI=1S/C17H16FN3OS2/c1-20(11-15-6-3-9-23-15)16(22)12-24-17-19-7-8-21(17)14-5-2-4-13(18)10-14/h2-10H,11-12H2,1H3. The summed E-state index contributed by atoms with van der Waals surface area (Å²) in [6, 6.07) is 10.3. The van der Waals surface area contributed by atoms with E-state index < -0.39 is 0 Å². The molecule has 3 aromatic rings. The Balaban J connectivity index is 1.63. The van der Waals surface area contributed by atoms with Crippen molar-refractivity contribution in [2.45, 2.75) is 11.7 Å². The molecule has 1 amide bonds. The summed E-state index contributed by atoms with van der Waals surface area (Å²) in [7, 11) is 1.79. The molecule has 0 spiro atoms. The topological polar surface area (TPSA) is 38.1 Å². The van der Waals surface area contributed by atoms with Crippen molar-refractivity contribution < 1.29 is 9.18 Å². The largest absolute Gasteiger partial charge is 0.340 e. The van der Waals surface area contributed by atoms with Crippen LogP contribution in [0.15, 0.2) is 59.3 Å². The van der Waals surface area contributed by atoms with Gasteiger partial charge in [-0.2, -0.15) is 0 Å². The molecule has 24 heavy (non-hydrogen) atoms. The third-order valence-electron chi connectivity index (χ3n) is 3.42. The van der Waals surface area contributed by atoms with Gasteiger partial charge in [-0.3, -0.25) is 9.36 Å². The molecule has 124 valence electrons. The molecule has 0 bridgehead atoms. The van der Waals surface area contributed by atoms with Crippen molar-refractivity contribution in [2.75, 3.05) is 12.8 Å². The van der Waals surface area contributed by atoms with Gasteiger partial charge in [0.05, 0.1) is 18.0 Å². The van der Waals surface area contributed by atoms with E-state index in [-0.39, 0.29) is 17.5 Å². The monoisotopic (exact) mass is 361 g/mol. The average molecular weight is 361 g/mol. The van der Waals surface area contributed by atoms with Crippen LogP contribution in [0.3, 0.4) is 0 Å². The number of benzene rings is 1. The predicted molar refractivity (Wildman–Crippen MR) is 95.0 cm³/mol. The van der Waals surface area contributed by atoms with Gasteiger partial charge in [-0.1, -0.05) is 23.9 Å². The fourth-order valence-electron chi connectivity index (χ4n) is 2.18. The minimum atomic E-state index is -0.302. The zero-order valence-corrected chi connectivity index (χ0v) is 14.7. The van der Waals surface area contributed by atoms with Gasteiger partial charge in [-0.25, -0.2) is 9.37 Å². The first-order chi connectivity index (χ1) is 11.6. The lowest BCUT2D eigenvalue weighted by atomic mass is 10.3. The highest BCUT2D eigenvalue weighted by Crippen LogP contribution is 2.21. The van der Waals surface area contributed by atoms with Crippen LogP contribution in [-0.4, -0.2) is 33.2 Å². The zero-order valence-electron chi connectivity index (χ0n) is 13.1. The van der Waals surface area contributed by atoms with Gasteiger partial charge in [-0.05, 0) is 29.6 Å². The van der Waals surface area contributed by atoms with Crippen LogP contribution in [0.25, 0.3) is 5.69 Å². The van der Waals surface area contributed by atoms with Crippen molar-refractivity contribution in [3.8, 4) is 5.69 Å². The Morgan fingerprint density at radius 3 is 3.00 bits per heavy atom. The summed E-state index contributed by atoms with van der Waals surface area (Å²) in [5.41, 5.74) is 0.689. The summed E-state index contributed by atoms with van der Waals surface area (Å²) in [4.78, 5) is 19.4. The van der Waals surface area contributed by atoms with E-state index in [1.807, 2.05) is 17.5 Å². The van der Waals surface area contributed by atoms with Crippen LogP contribution in [0.2, 0.25) is 0 Å². The summed E-state index contributed by atoms with van der Waals surface area (Å²) in [5, 5.41) is 2.66. The van der Waals surface area contributed by atoms with Crippen LogP contribution in [-0.2, 0) is 11.3 Å². The van der Waals surface area contributed by atoms with Crippen molar-refractivity contribution in [3.63, 3.8) is 0 Å². The van der Waals surface area contributed by atoms with E-state index in [1.165, 1.54) is 23.9 Å². The van der Waals surface area contributed by atoms with E-state index in [0.29, 0.717) is 17.4 Å². The van der Waals surface area contributed by atoms with Crippen molar-refractivity contribution in [3.05, 3.63) is 64.9 Å². The molecule has 0 saturated heterocycles. The zero-order chi connectivity index (χ0) is 16.9. The summed E-state index contributed by atoms with van der Waals surface area (Å²) in [5.74, 6) is 0.0138. The molecule has 2 heterocycles.